The summed E-state index contributed by atoms with van der Waals surface area (Å²) < 4.78 is 22.0. The number of aliphatic hydroxyl groups is 7. The molecular formula is C23H44O11. The highest BCUT2D eigenvalue weighted by molar-refractivity contribution is 4.94. The van der Waals surface area contributed by atoms with Crippen LogP contribution in [0.4, 0.5) is 0 Å². The Morgan fingerprint density at radius 3 is 1.71 bits per heavy atom. The maximum atomic E-state index is 10.6. The highest BCUT2D eigenvalue weighted by atomic mass is 16.7. The van der Waals surface area contributed by atoms with Crippen molar-refractivity contribution in [2.45, 2.75) is 126 Å². The standard InChI is InChI=1S/C23H44O11/c1-2-3-4-5-6-7-8-9-10-11-31-22-20(30)18(28)21(15(13-25)33-22)34-23-19(29)17(27)16(26)14(12-24)32-23/h14-30H,2-13H2,1H3/t14?,15-,16-,17+,18-,19?,20-,21-,22-,23?/m1/s1. The highest BCUT2D eigenvalue weighted by Crippen LogP contribution is 2.29. The predicted molar refractivity (Wildman–Crippen MR) is 120 cm³/mol. The predicted octanol–water partition coefficient (Wildman–Crippen LogP) is -0.842. The fourth-order valence-electron chi connectivity index (χ4n) is 4.31. The molecule has 11 heteroatoms. The molecule has 3 unspecified atom stereocenters. The van der Waals surface area contributed by atoms with E-state index in [4.69, 9.17) is 18.9 Å². The van der Waals surface area contributed by atoms with Gasteiger partial charge in [0.15, 0.2) is 12.6 Å². The van der Waals surface area contributed by atoms with Crippen LogP contribution in [0.25, 0.3) is 0 Å². The Hall–Kier alpha value is -0.440. The molecule has 2 rings (SSSR count). The lowest BCUT2D eigenvalue weighted by Gasteiger charge is -2.45. The topological polar surface area (TPSA) is 179 Å². The Morgan fingerprint density at radius 1 is 0.588 bits per heavy atom. The summed E-state index contributed by atoms with van der Waals surface area (Å²) in [7, 11) is 0. The summed E-state index contributed by atoms with van der Waals surface area (Å²) in [6.45, 7) is 1.29. The maximum absolute atomic E-state index is 10.6. The Balaban J connectivity index is 1.78. The lowest BCUT2D eigenvalue weighted by Crippen LogP contribution is -2.64. The third kappa shape index (κ3) is 8.31. The smallest absolute Gasteiger partial charge is 0.187 e. The molecule has 0 amide bonds. The molecule has 0 aromatic rings. The normalized spacial score (nSPS) is 38.8. The zero-order chi connectivity index (χ0) is 25.1. The van der Waals surface area contributed by atoms with E-state index in [0.29, 0.717) is 6.61 Å². The lowest BCUT2D eigenvalue weighted by atomic mass is 9.97. The van der Waals surface area contributed by atoms with Crippen LogP contribution in [-0.2, 0) is 18.9 Å². The number of unbranched alkanes of at least 4 members (excludes halogenated alkanes) is 8. The molecule has 0 aliphatic carbocycles. The molecule has 2 saturated heterocycles. The van der Waals surface area contributed by atoms with Crippen LogP contribution in [0.1, 0.15) is 64.7 Å². The third-order valence-corrected chi connectivity index (χ3v) is 6.49. The van der Waals surface area contributed by atoms with Gasteiger partial charge in [0, 0.05) is 6.61 Å². The molecule has 0 aromatic carbocycles. The molecule has 11 nitrogen and oxygen atoms in total. The van der Waals surface area contributed by atoms with Gasteiger partial charge in [-0.2, -0.15) is 0 Å². The molecule has 202 valence electrons. The van der Waals surface area contributed by atoms with Crippen LogP contribution in [-0.4, -0.2) is 117 Å². The first-order valence-electron chi connectivity index (χ1n) is 12.6. The quantitative estimate of drug-likeness (QED) is 0.141. The van der Waals surface area contributed by atoms with Crippen molar-refractivity contribution in [3.63, 3.8) is 0 Å². The third-order valence-electron chi connectivity index (χ3n) is 6.49. The minimum absolute atomic E-state index is 0.320. The van der Waals surface area contributed by atoms with Crippen molar-refractivity contribution in [2.75, 3.05) is 19.8 Å². The average Bonchev–Trinajstić information content (AvgIpc) is 2.84. The average molecular weight is 497 g/mol. The second-order valence-electron chi connectivity index (χ2n) is 9.20. The Labute approximate surface area is 201 Å². The van der Waals surface area contributed by atoms with E-state index in [1.165, 1.54) is 38.5 Å². The van der Waals surface area contributed by atoms with Crippen LogP contribution in [0.2, 0.25) is 0 Å². The number of hydrogen-bond donors (Lipinski definition) is 7. The molecule has 34 heavy (non-hydrogen) atoms. The molecule has 0 aromatic heterocycles. The van der Waals surface area contributed by atoms with Gasteiger partial charge in [0.1, 0.15) is 48.8 Å². The van der Waals surface area contributed by atoms with E-state index < -0.39 is 74.6 Å². The fourth-order valence-corrected chi connectivity index (χ4v) is 4.31. The van der Waals surface area contributed by atoms with Gasteiger partial charge in [0.25, 0.3) is 0 Å². The molecule has 2 aliphatic heterocycles. The minimum Gasteiger partial charge on any atom is -0.394 e. The van der Waals surface area contributed by atoms with Gasteiger partial charge in [-0.3, -0.25) is 0 Å². The summed E-state index contributed by atoms with van der Waals surface area (Å²) in [4.78, 5) is 0. The minimum atomic E-state index is -1.69. The van der Waals surface area contributed by atoms with Crippen molar-refractivity contribution in [3.05, 3.63) is 0 Å². The van der Waals surface area contributed by atoms with Crippen molar-refractivity contribution >= 4 is 0 Å². The SMILES string of the molecule is CCCCCCCCCCCO[C@@H]1O[C@H](CO)[C@@H](OC2OC(CO)[C@@H](O)[C@H](O)C2O)[C@H](O)[C@H]1O. The molecular weight excluding hydrogens is 452 g/mol. The van der Waals surface area contributed by atoms with Crippen LogP contribution >= 0.6 is 0 Å². The van der Waals surface area contributed by atoms with E-state index >= 15 is 0 Å². The van der Waals surface area contributed by atoms with Gasteiger partial charge < -0.3 is 54.7 Å². The van der Waals surface area contributed by atoms with E-state index in [1.807, 2.05) is 0 Å². The number of hydrogen-bond acceptors (Lipinski definition) is 11. The van der Waals surface area contributed by atoms with E-state index in [1.54, 1.807) is 0 Å². The Morgan fingerprint density at radius 2 is 1.12 bits per heavy atom. The molecule has 0 bridgehead atoms. The van der Waals surface area contributed by atoms with Gasteiger partial charge >= 0.3 is 0 Å². The van der Waals surface area contributed by atoms with Gasteiger partial charge in [0.2, 0.25) is 0 Å². The van der Waals surface area contributed by atoms with E-state index in [2.05, 4.69) is 6.92 Å². The Kier molecular flexibility index (Phi) is 13.7. The van der Waals surface area contributed by atoms with Gasteiger partial charge in [-0.05, 0) is 6.42 Å². The second kappa shape index (κ2) is 15.6. The summed E-state index contributed by atoms with van der Waals surface area (Å²) >= 11 is 0. The maximum Gasteiger partial charge on any atom is 0.187 e. The molecule has 0 spiro atoms. The van der Waals surface area contributed by atoms with E-state index in [-0.39, 0.29) is 0 Å². The summed E-state index contributed by atoms with van der Waals surface area (Å²) in [6, 6.07) is 0. The fraction of sp³-hybridized carbons (Fsp3) is 1.00. The van der Waals surface area contributed by atoms with Crippen LogP contribution in [0.3, 0.4) is 0 Å². The van der Waals surface area contributed by atoms with E-state index in [9.17, 15) is 35.7 Å². The van der Waals surface area contributed by atoms with Crippen molar-refractivity contribution in [1.82, 2.24) is 0 Å². The van der Waals surface area contributed by atoms with Crippen molar-refractivity contribution < 1.29 is 54.7 Å². The molecule has 0 saturated carbocycles. The van der Waals surface area contributed by atoms with E-state index in [0.717, 1.165) is 19.3 Å². The first-order valence-corrected chi connectivity index (χ1v) is 12.6. The molecule has 2 aliphatic rings. The molecule has 0 radical (unpaired) electrons. The largest absolute Gasteiger partial charge is 0.394 e. The van der Waals surface area contributed by atoms with Gasteiger partial charge in [-0.15, -0.1) is 0 Å². The number of rotatable bonds is 15. The zero-order valence-electron chi connectivity index (χ0n) is 20.0. The number of ether oxygens (including phenoxy) is 4. The summed E-state index contributed by atoms with van der Waals surface area (Å²) in [5, 5.41) is 70.0. The lowest BCUT2D eigenvalue weighted by molar-refractivity contribution is -0.359. The van der Waals surface area contributed by atoms with Gasteiger partial charge in [-0.25, -0.2) is 0 Å². The van der Waals surface area contributed by atoms with Crippen molar-refractivity contribution in [2.24, 2.45) is 0 Å². The molecule has 10 atom stereocenters. The van der Waals surface area contributed by atoms with Crippen LogP contribution < -0.4 is 0 Å². The molecule has 7 N–H and O–H groups in total. The van der Waals surface area contributed by atoms with Crippen LogP contribution in [0.5, 0.6) is 0 Å². The highest BCUT2D eigenvalue weighted by Gasteiger charge is 2.50. The molecule has 2 heterocycles. The van der Waals surface area contributed by atoms with Crippen molar-refractivity contribution in [1.29, 1.82) is 0 Å². The Bertz CT molecular complexity index is 535. The van der Waals surface area contributed by atoms with Gasteiger partial charge in [-0.1, -0.05) is 58.3 Å². The first-order chi connectivity index (χ1) is 16.3. The second-order valence-corrected chi connectivity index (χ2v) is 9.20. The van der Waals surface area contributed by atoms with Crippen LogP contribution in [0.15, 0.2) is 0 Å². The monoisotopic (exact) mass is 496 g/mol. The van der Waals surface area contributed by atoms with Crippen LogP contribution in [0, 0.1) is 0 Å². The summed E-state index contributed by atoms with van der Waals surface area (Å²) in [5.74, 6) is 0. The van der Waals surface area contributed by atoms with Crippen molar-refractivity contribution in [3.8, 4) is 0 Å². The van der Waals surface area contributed by atoms with Gasteiger partial charge in [0.05, 0.1) is 13.2 Å². The zero-order valence-corrected chi connectivity index (χ0v) is 20.0. The summed E-state index contributed by atoms with van der Waals surface area (Å²) in [5.41, 5.74) is 0. The molecule has 2 fully saturated rings. The first kappa shape index (κ1) is 29.8. The summed E-state index contributed by atoms with van der Waals surface area (Å²) in [6.07, 6.45) is -3.99. The number of aliphatic hydroxyl groups excluding tert-OH is 7.